The lowest BCUT2D eigenvalue weighted by Gasteiger charge is -2.34. The van der Waals surface area contributed by atoms with Crippen molar-refractivity contribution in [2.24, 2.45) is 5.92 Å². The quantitative estimate of drug-likeness (QED) is 0.614. The Kier molecular flexibility index (Phi) is 8.51. The summed E-state index contributed by atoms with van der Waals surface area (Å²) in [6, 6.07) is 14.0. The van der Waals surface area contributed by atoms with Crippen LogP contribution in [0.4, 0.5) is 4.39 Å². The van der Waals surface area contributed by atoms with Gasteiger partial charge in [0.1, 0.15) is 11.9 Å². The smallest absolute Gasteiger partial charge is 0.241 e. The maximum Gasteiger partial charge on any atom is 0.241 e. The number of carbonyl (C=O) groups is 1. The second-order valence-electron chi connectivity index (χ2n) is 7.87. The molecule has 3 rings (SSSR count). The van der Waals surface area contributed by atoms with Crippen molar-refractivity contribution in [3.63, 3.8) is 0 Å². The zero-order chi connectivity index (χ0) is 22.3. The summed E-state index contributed by atoms with van der Waals surface area (Å²) in [6.07, 6.45) is 4.81. The van der Waals surface area contributed by atoms with Crippen LogP contribution in [0.3, 0.4) is 0 Å². The van der Waals surface area contributed by atoms with E-state index in [4.69, 9.17) is 0 Å². The Morgan fingerprint density at radius 2 is 1.87 bits per heavy atom. The van der Waals surface area contributed by atoms with Crippen molar-refractivity contribution in [1.82, 2.24) is 9.62 Å². The minimum Gasteiger partial charge on any atom is -0.341 e. The number of benzene rings is 2. The lowest BCUT2D eigenvalue weighted by atomic mass is 9.90. The summed E-state index contributed by atoms with van der Waals surface area (Å²) >= 11 is 1.58. The van der Waals surface area contributed by atoms with Gasteiger partial charge in [0.15, 0.2) is 0 Å². The maximum atomic E-state index is 13.4. The number of rotatable bonds is 9. The van der Waals surface area contributed by atoms with Crippen LogP contribution >= 0.6 is 11.8 Å². The van der Waals surface area contributed by atoms with Gasteiger partial charge in [-0.2, -0.15) is 16.5 Å². The van der Waals surface area contributed by atoms with E-state index < -0.39 is 16.1 Å². The van der Waals surface area contributed by atoms with Gasteiger partial charge in [-0.25, -0.2) is 12.8 Å². The van der Waals surface area contributed by atoms with Crippen molar-refractivity contribution in [2.75, 3.05) is 25.1 Å². The first-order valence-corrected chi connectivity index (χ1v) is 13.4. The Balaban J connectivity index is 1.61. The second-order valence-corrected chi connectivity index (χ2v) is 10.6. The number of piperidine rings is 1. The second kappa shape index (κ2) is 11.1. The first-order chi connectivity index (χ1) is 14.9. The highest BCUT2D eigenvalue weighted by atomic mass is 32.2. The SMILES string of the molecule is CSCCC(NS(=O)(=O)c1ccccc1)C(=O)N1CCC(Cc2cccc(F)c2)CC1. The molecule has 1 atom stereocenters. The highest BCUT2D eigenvalue weighted by Gasteiger charge is 2.31. The summed E-state index contributed by atoms with van der Waals surface area (Å²) in [5.41, 5.74) is 0.971. The molecule has 1 heterocycles. The number of amides is 1. The maximum absolute atomic E-state index is 13.4. The van der Waals surface area contributed by atoms with E-state index in [-0.39, 0.29) is 16.6 Å². The molecule has 8 heteroatoms. The molecule has 2 aromatic carbocycles. The van der Waals surface area contributed by atoms with E-state index >= 15 is 0 Å². The number of carbonyl (C=O) groups excluding carboxylic acids is 1. The normalized spacial score (nSPS) is 16.3. The Labute approximate surface area is 188 Å². The van der Waals surface area contributed by atoms with Crippen LogP contribution in [0, 0.1) is 11.7 Å². The van der Waals surface area contributed by atoms with E-state index in [0.717, 1.165) is 24.8 Å². The summed E-state index contributed by atoms with van der Waals surface area (Å²) in [5.74, 6) is 0.672. The third-order valence-electron chi connectivity index (χ3n) is 5.60. The summed E-state index contributed by atoms with van der Waals surface area (Å²) in [6.45, 7) is 1.17. The molecular weight excluding hydrogens is 435 g/mol. The lowest BCUT2D eigenvalue weighted by Crippen LogP contribution is -2.51. The molecule has 1 aliphatic heterocycles. The number of thioether (sulfide) groups is 1. The lowest BCUT2D eigenvalue weighted by molar-refractivity contribution is -0.134. The van der Waals surface area contributed by atoms with Gasteiger partial charge in [0, 0.05) is 13.1 Å². The highest BCUT2D eigenvalue weighted by Crippen LogP contribution is 2.23. The van der Waals surface area contributed by atoms with Crippen molar-refractivity contribution in [1.29, 1.82) is 0 Å². The van der Waals surface area contributed by atoms with Crippen LogP contribution in [-0.2, 0) is 21.2 Å². The van der Waals surface area contributed by atoms with E-state index in [1.165, 1.54) is 18.2 Å². The summed E-state index contributed by atoms with van der Waals surface area (Å²) < 4.78 is 41.6. The fourth-order valence-electron chi connectivity index (χ4n) is 3.90. The number of halogens is 1. The van der Waals surface area contributed by atoms with Crippen LogP contribution in [0.25, 0.3) is 0 Å². The van der Waals surface area contributed by atoms with Crippen LogP contribution in [0.5, 0.6) is 0 Å². The summed E-state index contributed by atoms with van der Waals surface area (Å²) in [7, 11) is -3.77. The molecule has 1 aliphatic rings. The Morgan fingerprint density at radius 1 is 1.16 bits per heavy atom. The van der Waals surface area contributed by atoms with Crippen molar-refractivity contribution >= 4 is 27.7 Å². The molecule has 1 fully saturated rings. The molecular formula is C23H29FN2O3S2. The zero-order valence-electron chi connectivity index (χ0n) is 17.7. The number of nitrogens with one attached hydrogen (secondary N) is 1. The topological polar surface area (TPSA) is 66.5 Å². The van der Waals surface area contributed by atoms with Gasteiger partial charge in [-0.3, -0.25) is 4.79 Å². The Bertz CT molecular complexity index is 962. The molecule has 0 aliphatic carbocycles. The van der Waals surface area contributed by atoms with Gasteiger partial charge in [-0.15, -0.1) is 0 Å². The molecule has 0 spiro atoms. The number of hydrogen-bond acceptors (Lipinski definition) is 4. The summed E-state index contributed by atoms with van der Waals surface area (Å²) in [4.78, 5) is 15.1. The highest BCUT2D eigenvalue weighted by molar-refractivity contribution is 7.98. The standard InChI is InChI=1S/C23H29FN2O3S2/c1-30-15-12-22(25-31(28,29)21-8-3-2-4-9-21)23(27)26-13-10-18(11-14-26)16-19-6-5-7-20(24)17-19/h2-9,17-18,22,25H,10-16H2,1H3. The minimum atomic E-state index is -3.77. The molecule has 0 radical (unpaired) electrons. The number of sulfonamides is 1. The molecule has 31 heavy (non-hydrogen) atoms. The molecule has 0 saturated carbocycles. The van der Waals surface area contributed by atoms with E-state index in [2.05, 4.69) is 4.72 Å². The first-order valence-electron chi connectivity index (χ1n) is 10.5. The summed E-state index contributed by atoms with van der Waals surface area (Å²) in [5, 5.41) is 0. The van der Waals surface area contributed by atoms with Crippen molar-refractivity contribution < 1.29 is 17.6 Å². The number of hydrogen-bond donors (Lipinski definition) is 1. The monoisotopic (exact) mass is 464 g/mol. The Hall–Kier alpha value is -1.90. The van der Waals surface area contributed by atoms with Gasteiger partial charge in [0.25, 0.3) is 0 Å². The fraction of sp³-hybridized carbons (Fsp3) is 0.435. The van der Waals surface area contributed by atoms with Crippen LogP contribution in [0.15, 0.2) is 59.5 Å². The van der Waals surface area contributed by atoms with E-state index in [9.17, 15) is 17.6 Å². The third-order valence-corrected chi connectivity index (χ3v) is 7.73. The van der Waals surface area contributed by atoms with E-state index in [1.54, 1.807) is 47.0 Å². The van der Waals surface area contributed by atoms with Gasteiger partial charge in [0.05, 0.1) is 4.90 Å². The average Bonchev–Trinajstić information content (AvgIpc) is 2.77. The zero-order valence-corrected chi connectivity index (χ0v) is 19.3. The molecule has 1 amide bonds. The van der Waals surface area contributed by atoms with Gasteiger partial charge in [-0.1, -0.05) is 30.3 Å². The largest absolute Gasteiger partial charge is 0.341 e. The Morgan fingerprint density at radius 3 is 2.52 bits per heavy atom. The molecule has 5 nitrogen and oxygen atoms in total. The number of likely N-dealkylation sites (tertiary alicyclic amines) is 1. The van der Waals surface area contributed by atoms with Gasteiger partial charge in [0.2, 0.25) is 15.9 Å². The molecule has 1 N–H and O–H groups in total. The van der Waals surface area contributed by atoms with Gasteiger partial charge < -0.3 is 4.90 Å². The molecule has 0 bridgehead atoms. The minimum absolute atomic E-state index is 0.158. The van der Waals surface area contributed by atoms with Gasteiger partial charge in [-0.05, 0) is 73.4 Å². The van der Waals surface area contributed by atoms with Crippen LogP contribution < -0.4 is 4.72 Å². The van der Waals surface area contributed by atoms with E-state index in [0.29, 0.717) is 31.2 Å². The predicted octanol–water partition coefficient (Wildman–Crippen LogP) is 3.71. The first kappa shape index (κ1) is 23.8. The molecule has 2 aromatic rings. The van der Waals surface area contributed by atoms with Crippen LogP contribution in [0.2, 0.25) is 0 Å². The van der Waals surface area contributed by atoms with Crippen molar-refractivity contribution in [3.8, 4) is 0 Å². The molecule has 1 saturated heterocycles. The molecule has 1 unspecified atom stereocenters. The fourth-order valence-corrected chi connectivity index (χ4v) is 5.61. The van der Waals surface area contributed by atoms with Gasteiger partial charge >= 0.3 is 0 Å². The van der Waals surface area contributed by atoms with E-state index in [1.807, 2.05) is 12.3 Å². The van der Waals surface area contributed by atoms with Crippen LogP contribution in [-0.4, -0.2) is 50.4 Å². The van der Waals surface area contributed by atoms with Crippen LogP contribution in [0.1, 0.15) is 24.8 Å². The molecule has 168 valence electrons. The van der Waals surface area contributed by atoms with Crippen molar-refractivity contribution in [3.05, 3.63) is 66.0 Å². The van der Waals surface area contributed by atoms with Crippen molar-refractivity contribution in [2.45, 2.75) is 36.6 Å². The molecule has 0 aromatic heterocycles. The number of nitrogens with zero attached hydrogens (tertiary/aromatic N) is 1. The third kappa shape index (κ3) is 6.79. The average molecular weight is 465 g/mol. The predicted molar refractivity (Wildman–Crippen MR) is 123 cm³/mol.